The van der Waals surface area contributed by atoms with E-state index in [0.29, 0.717) is 5.92 Å². The SMILES string of the molecule is N[C@H](c1ccc(Br)o1)C1CCC1. The molecular formula is C9H12BrNO. The maximum Gasteiger partial charge on any atom is 0.169 e. The van der Waals surface area contributed by atoms with Gasteiger partial charge in [0.1, 0.15) is 5.76 Å². The van der Waals surface area contributed by atoms with Crippen molar-refractivity contribution in [3.63, 3.8) is 0 Å². The lowest BCUT2D eigenvalue weighted by Crippen LogP contribution is -2.26. The van der Waals surface area contributed by atoms with E-state index >= 15 is 0 Å². The maximum absolute atomic E-state index is 6.00. The van der Waals surface area contributed by atoms with Crippen LogP contribution in [0.3, 0.4) is 0 Å². The summed E-state index contributed by atoms with van der Waals surface area (Å²) in [4.78, 5) is 0. The Morgan fingerprint density at radius 3 is 2.67 bits per heavy atom. The average Bonchev–Trinajstić information content (AvgIpc) is 2.31. The minimum atomic E-state index is 0.102. The van der Waals surface area contributed by atoms with Gasteiger partial charge in [0.2, 0.25) is 0 Å². The fourth-order valence-electron chi connectivity index (χ4n) is 1.54. The van der Waals surface area contributed by atoms with Gasteiger partial charge >= 0.3 is 0 Å². The Morgan fingerprint density at radius 1 is 1.50 bits per heavy atom. The summed E-state index contributed by atoms with van der Waals surface area (Å²) >= 11 is 3.27. The molecule has 2 rings (SSSR count). The quantitative estimate of drug-likeness (QED) is 0.848. The lowest BCUT2D eigenvalue weighted by molar-refractivity contribution is 0.239. The molecule has 2 N–H and O–H groups in total. The van der Waals surface area contributed by atoms with Crippen LogP contribution in [0.5, 0.6) is 0 Å². The molecule has 0 spiro atoms. The molecule has 3 heteroatoms. The van der Waals surface area contributed by atoms with Gasteiger partial charge in [0.15, 0.2) is 4.67 Å². The van der Waals surface area contributed by atoms with Crippen molar-refractivity contribution in [2.24, 2.45) is 11.7 Å². The van der Waals surface area contributed by atoms with Crippen LogP contribution in [0, 0.1) is 5.92 Å². The van der Waals surface area contributed by atoms with E-state index in [-0.39, 0.29) is 6.04 Å². The highest BCUT2D eigenvalue weighted by Gasteiger charge is 2.27. The zero-order chi connectivity index (χ0) is 8.55. The molecule has 1 aliphatic carbocycles. The van der Waals surface area contributed by atoms with E-state index in [1.54, 1.807) is 0 Å². The van der Waals surface area contributed by atoms with Crippen LogP contribution in [-0.4, -0.2) is 0 Å². The molecule has 1 aliphatic rings. The standard InChI is InChI=1S/C9H12BrNO/c10-8-5-4-7(12-8)9(11)6-2-1-3-6/h4-6,9H,1-3,11H2/t9-/m0/s1. The van der Waals surface area contributed by atoms with Crippen molar-refractivity contribution in [3.8, 4) is 0 Å². The maximum atomic E-state index is 6.00. The molecule has 0 aromatic carbocycles. The molecular weight excluding hydrogens is 218 g/mol. The van der Waals surface area contributed by atoms with Gasteiger partial charge in [-0.05, 0) is 46.8 Å². The van der Waals surface area contributed by atoms with E-state index in [2.05, 4.69) is 15.9 Å². The highest BCUT2D eigenvalue weighted by atomic mass is 79.9. The molecule has 0 unspecified atom stereocenters. The van der Waals surface area contributed by atoms with Crippen LogP contribution in [0.4, 0.5) is 0 Å². The second-order valence-electron chi connectivity index (χ2n) is 3.36. The molecule has 1 fully saturated rings. The van der Waals surface area contributed by atoms with Crippen molar-refractivity contribution in [2.45, 2.75) is 25.3 Å². The average molecular weight is 230 g/mol. The van der Waals surface area contributed by atoms with Crippen molar-refractivity contribution in [2.75, 3.05) is 0 Å². The Morgan fingerprint density at radius 2 is 2.25 bits per heavy atom. The monoisotopic (exact) mass is 229 g/mol. The van der Waals surface area contributed by atoms with Gasteiger partial charge in [-0.15, -0.1) is 0 Å². The summed E-state index contributed by atoms with van der Waals surface area (Å²) in [7, 11) is 0. The van der Waals surface area contributed by atoms with Gasteiger partial charge in [-0.2, -0.15) is 0 Å². The Bertz CT molecular complexity index is 267. The second kappa shape index (κ2) is 3.23. The first-order valence-corrected chi connectivity index (χ1v) is 5.07. The minimum Gasteiger partial charge on any atom is -0.453 e. The topological polar surface area (TPSA) is 39.2 Å². The number of furan rings is 1. The summed E-state index contributed by atoms with van der Waals surface area (Å²) < 4.78 is 6.16. The normalized spacial score (nSPS) is 20.5. The molecule has 0 saturated heterocycles. The van der Waals surface area contributed by atoms with Crippen LogP contribution < -0.4 is 5.73 Å². The Labute approximate surface area is 80.3 Å². The summed E-state index contributed by atoms with van der Waals surface area (Å²) in [5.74, 6) is 1.55. The summed E-state index contributed by atoms with van der Waals surface area (Å²) in [6.07, 6.45) is 3.82. The number of nitrogens with two attached hydrogens (primary N) is 1. The van der Waals surface area contributed by atoms with Gasteiger partial charge in [-0.3, -0.25) is 0 Å². The Balaban J connectivity index is 2.08. The predicted octanol–water partition coefficient (Wildman–Crippen LogP) is 2.84. The van der Waals surface area contributed by atoms with Crippen LogP contribution >= 0.6 is 15.9 Å². The molecule has 1 heterocycles. The smallest absolute Gasteiger partial charge is 0.169 e. The van der Waals surface area contributed by atoms with E-state index in [9.17, 15) is 0 Å². The van der Waals surface area contributed by atoms with Gasteiger partial charge in [-0.1, -0.05) is 6.42 Å². The van der Waals surface area contributed by atoms with Crippen molar-refractivity contribution >= 4 is 15.9 Å². The van der Waals surface area contributed by atoms with Crippen molar-refractivity contribution in [1.82, 2.24) is 0 Å². The van der Waals surface area contributed by atoms with Gasteiger partial charge in [0.05, 0.1) is 6.04 Å². The van der Waals surface area contributed by atoms with Crippen LogP contribution in [0.2, 0.25) is 0 Å². The molecule has 2 nitrogen and oxygen atoms in total. The Kier molecular flexibility index (Phi) is 2.24. The predicted molar refractivity (Wildman–Crippen MR) is 50.7 cm³/mol. The third kappa shape index (κ3) is 1.43. The van der Waals surface area contributed by atoms with E-state index in [1.807, 2.05) is 12.1 Å². The van der Waals surface area contributed by atoms with Crippen LogP contribution in [0.1, 0.15) is 31.1 Å². The lowest BCUT2D eigenvalue weighted by Gasteiger charge is -2.29. The van der Waals surface area contributed by atoms with E-state index in [0.717, 1.165) is 10.4 Å². The number of hydrogen-bond acceptors (Lipinski definition) is 2. The summed E-state index contributed by atoms with van der Waals surface area (Å²) in [6.45, 7) is 0. The Hall–Kier alpha value is -0.280. The fraction of sp³-hybridized carbons (Fsp3) is 0.556. The van der Waals surface area contributed by atoms with Crippen molar-refractivity contribution < 1.29 is 4.42 Å². The second-order valence-corrected chi connectivity index (χ2v) is 4.14. The molecule has 1 aromatic heterocycles. The van der Waals surface area contributed by atoms with Gasteiger partial charge in [0.25, 0.3) is 0 Å². The first-order chi connectivity index (χ1) is 5.77. The van der Waals surface area contributed by atoms with Gasteiger partial charge < -0.3 is 10.2 Å². The van der Waals surface area contributed by atoms with Crippen molar-refractivity contribution in [3.05, 3.63) is 22.6 Å². The lowest BCUT2D eigenvalue weighted by atomic mass is 9.79. The van der Waals surface area contributed by atoms with Gasteiger partial charge in [-0.25, -0.2) is 0 Å². The zero-order valence-corrected chi connectivity index (χ0v) is 8.38. The van der Waals surface area contributed by atoms with Crippen LogP contribution in [0.15, 0.2) is 21.2 Å². The highest BCUT2D eigenvalue weighted by molar-refractivity contribution is 9.10. The largest absolute Gasteiger partial charge is 0.453 e. The summed E-state index contributed by atoms with van der Waals surface area (Å²) in [6, 6.07) is 3.95. The van der Waals surface area contributed by atoms with Gasteiger partial charge in [0, 0.05) is 0 Å². The summed E-state index contributed by atoms with van der Waals surface area (Å²) in [5, 5.41) is 0. The van der Waals surface area contributed by atoms with Crippen LogP contribution in [-0.2, 0) is 0 Å². The molecule has 1 saturated carbocycles. The molecule has 0 bridgehead atoms. The van der Waals surface area contributed by atoms with Crippen molar-refractivity contribution in [1.29, 1.82) is 0 Å². The molecule has 66 valence electrons. The van der Waals surface area contributed by atoms with E-state index in [1.165, 1.54) is 19.3 Å². The first-order valence-electron chi connectivity index (χ1n) is 4.28. The molecule has 12 heavy (non-hydrogen) atoms. The first kappa shape index (κ1) is 8.32. The molecule has 0 amide bonds. The third-order valence-corrected chi connectivity index (χ3v) is 3.01. The third-order valence-electron chi connectivity index (χ3n) is 2.58. The molecule has 1 aromatic rings. The number of rotatable bonds is 2. The van der Waals surface area contributed by atoms with Crippen LogP contribution in [0.25, 0.3) is 0 Å². The minimum absolute atomic E-state index is 0.102. The number of halogens is 1. The fourth-order valence-corrected chi connectivity index (χ4v) is 1.86. The molecule has 0 aliphatic heterocycles. The van der Waals surface area contributed by atoms with E-state index in [4.69, 9.17) is 10.2 Å². The molecule has 1 atom stereocenters. The number of hydrogen-bond donors (Lipinski definition) is 1. The zero-order valence-electron chi connectivity index (χ0n) is 6.79. The van der Waals surface area contributed by atoms with E-state index < -0.39 is 0 Å². The highest BCUT2D eigenvalue weighted by Crippen LogP contribution is 2.36. The molecule has 0 radical (unpaired) electrons. The summed E-state index contributed by atoms with van der Waals surface area (Å²) in [5.41, 5.74) is 6.00.